The number of benzene rings is 2. The summed E-state index contributed by atoms with van der Waals surface area (Å²) in [5.41, 5.74) is 1.96. The van der Waals surface area contributed by atoms with Crippen molar-refractivity contribution in [3.63, 3.8) is 0 Å². The van der Waals surface area contributed by atoms with Crippen LogP contribution in [0.15, 0.2) is 69.5 Å². The van der Waals surface area contributed by atoms with E-state index in [-0.39, 0.29) is 16.4 Å². The summed E-state index contributed by atoms with van der Waals surface area (Å²) in [6, 6.07) is 15.3. The molecule has 46 heavy (non-hydrogen) atoms. The maximum absolute atomic E-state index is 13.2. The number of likely N-dealkylation sites (N-methyl/N-ethyl adjacent to an activating group) is 1. The lowest BCUT2D eigenvalue weighted by molar-refractivity contribution is 0.101. The number of rotatable bonds is 13. The van der Waals surface area contributed by atoms with Crippen molar-refractivity contribution in [2.45, 2.75) is 34.5 Å². The number of aromatic nitrogens is 4. The highest BCUT2D eigenvalue weighted by Crippen LogP contribution is 2.38. The van der Waals surface area contributed by atoms with Gasteiger partial charge in [-0.25, -0.2) is 18.4 Å². The van der Waals surface area contributed by atoms with Crippen LogP contribution in [0.2, 0.25) is 0 Å². The van der Waals surface area contributed by atoms with Crippen LogP contribution in [0, 0.1) is 6.92 Å². The third kappa shape index (κ3) is 8.43. The number of nitrogens with one attached hydrogen (secondary N) is 2. The first-order chi connectivity index (χ1) is 22.0. The molecule has 2 aromatic carbocycles. The number of anilines is 3. The quantitative estimate of drug-likeness (QED) is 0.156. The number of carbonyl (C=O) groups excluding carboxylic acids is 1. The first-order valence-electron chi connectivity index (χ1n) is 15.0. The molecule has 2 aromatic heterocycles. The second-order valence-electron chi connectivity index (χ2n) is 11.5. The predicted octanol–water partition coefficient (Wildman–Crippen LogP) is 4.27. The van der Waals surface area contributed by atoms with E-state index >= 15 is 0 Å². The SMILES string of the molecule is COc1c(Nc2cc(C)[nH]n2)nc(Sc2ccc(S(=O)(=O)Cc3cccc(C(C)=O)c3)cc2)nc1N1CCN(CCN(C)C)CC1. The lowest BCUT2D eigenvalue weighted by Crippen LogP contribution is -2.48. The van der Waals surface area contributed by atoms with Gasteiger partial charge in [0.15, 0.2) is 38.2 Å². The lowest BCUT2D eigenvalue weighted by atomic mass is 10.1. The summed E-state index contributed by atoms with van der Waals surface area (Å²) >= 11 is 1.33. The van der Waals surface area contributed by atoms with Gasteiger partial charge in [-0.1, -0.05) is 18.2 Å². The zero-order valence-electron chi connectivity index (χ0n) is 26.8. The van der Waals surface area contributed by atoms with E-state index in [1.54, 1.807) is 55.6 Å². The average Bonchev–Trinajstić information content (AvgIpc) is 3.44. The number of nitrogens with zero attached hydrogens (tertiary/aromatic N) is 6. The first kappa shape index (κ1) is 33.4. The molecule has 3 heterocycles. The van der Waals surface area contributed by atoms with Crippen LogP contribution in [-0.2, 0) is 15.6 Å². The fourth-order valence-electron chi connectivity index (χ4n) is 5.08. The molecule has 0 bridgehead atoms. The Morgan fingerprint density at radius 2 is 1.80 bits per heavy atom. The number of carbonyl (C=O) groups is 1. The second-order valence-corrected chi connectivity index (χ2v) is 14.5. The number of ketones is 1. The van der Waals surface area contributed by atoms with Gasteiger partial charge in [-0.2, -0.15) is 5.10 Å². The Balaban J connectivity index is 1.38. The van der Waals surface area contributed by atoms with E-state index in [9.17, 15) is 13.2 Å². The Morgan fingerprint density at radius 1 is 1.07 bits per heavy atom. The topological polar surface area (TPSA) is 137 Å². The van der Waals surface area contributed by atoms with Crippen LogP contribution in [-0.4, -0.2) is 105 Å². The zero-order chi connectivity index (χ0) is 32.8. The summed E-state index contributed by atoms with van der Waals surface area (Å²) in [6.45, 7) is 8.77. The fourth-order valence-corrected chi connectivity index (χ4v) is 7.17. The third-order valence-electron chi connectivity index (χ3n) is 7.60. The molecule has 0 spiro atoms. The molecule has 4 aromatic rings. The Kier molecular flexibility index (Phi) is 10.6. The highest BCUT2D eigenvalue weighted by molar-refractivity contribution is 7.99. The molecule has 5 rings (SSSR count). The van der Waals surface area contributed by atoms with Crippen LogP contribution >= 0.6 is 11.8 Å². The van der Waals surface area contributed by atoms with Crippen molar-refractivity contribution < 1.29 is 17.9 Å². The number of aromatic amines is 1. The Hall–Kier alpha value is -3.98. The molecule has 0 saturated carbocycles. The molecular weight excluding hydrogens is 625 g/mol. The molecule has 0 unspecified atom stereocenters. The van der Waals surface area contributed by atoms with Gasteiger partial charge in [0.25, 0.3) is 0 Å². The number of hydrogen-bond acceptors (Lipinski definition) is 12. The summed E-state index contributed by atoms with van der Waals surface area (Å²) in [5.74, 6) is 2.01. The molecule has 1 aliphatic heterocycles. The van der Waals surface area contributed by atoms with Crippen molar-refractivity contribution in [3.8, 4) is 5.75 Å². The van der Waals surface area contributed by atoms with Crippen LogP contribution in [0.4, 0.5) is 17.5 Å². The van der Waals surface area contributed by atoms with Gasteiger partial charge in [0.05, 0.1) is 17.8 Å². The van der Waals surface area contributed by atoms with Crippen LogP contribution < -0.4 is 15.0 Å². The van der Waals surface area contributed by atoms with E-state index in [1.807, 2.05) is 13.0 Å². The van der Waals surface area contributed by atoms with Gasteiger partial charge in [0.2, 0.25) is 5.75 Å². The van der Waals surface area contributed by atoms with E-state index in [1.165, 1.54) is 18.7 Å². The van der Waals surface area contributed by atoms with Gasteiger partial charge in [-0.15, -0.1) is 0 Å². The number of sulfone groups is 1. The summed E-state index contributed by atoms with van der Waals surface area (Å²) in [6.07, 6.45) is 0. The first-order valence-corrected chi connectivity index (χ1v) is 17.5. The van der Waals surface area contributed by atoms with Crippen LogP contribution in [0.25, 0.3) is 0 Å². The van der Waals surface area contributed by atoms with Crippen molar-refractivity contribution in [2.75, 3.05) is 70.7 Å². The summed E-state index contributed by atoms with van der Waals surface area (Å²) in [7, 11) is 2.15. The minimum atomic E-state index is -3.63. The smallest absolute Gasteiger partial charge is 0.204 e. The second kappa shape index (κ2) is 14.6. The Morgan fingerprint density at radius 3 is 2.43 bits per heavy atom. The van der Waals surface area contributed by atoms with Crippen LogP contribution in [0.3, 0.4) is 0 Å². The number of methoxy groups -OCH3 is 1. The van der Waals surface area contributed by atoms with E-state index in [0.29, 0.717) is 39.5 Å². The van der Waals surface area contributed by atoms with E-state index < -0.39 is 9.84 Å². The molecule has 0 amide bonds. The van der Waals surface area contributed by atoms with Gasteiger partial charge in [-0.05, 0) is 75.6 Å². The van der Waals surface area contributed by atoms with Crippen molar-refractivity contribution in [1.29, 1.82) is 0 Å². The Labute approximate surface area is 274 Å². The molecule has 1 saturated heterocycles. The number of hydrogen-bond donors (Lipinski definition) is 2. The minimum Gasteiger partial charge on any atom is -0.490 e. The van der Waals surface area contributed by atoms with Gasteiger partial charge >= 0.3 is 0 Å². The highest BCUT2D eigenvalue weighted by Gasteiger charge is 2.25. The van der Waals surface area contributed by atoms with Gasteiger partial charge in [0.1, 0.15) is 0 Å². The standard InChI is InChI=1S/C32H40N8O4S2/c1-22-19-28(37-36-22)33-30-29(44-5)31(40-17-15-39(16-18-40)14-13-38(3)4)35-32(34-30)45-26-9-11-27(12-10-26)46(42,43)21-24-7-6-8-25(20-24)23(2)41/h6-12,19-20H,13-18,21H2,1-5H3,(H2,33,34,35,36,37). The summed E-state index contributed by atoms with van der Waals surface area (Å²) in [4.78, 5) is 29.3. The maximum atomic E-state index is 13.2. The summed E-state index contributed by atoms with van der Waals surface area (Å²) in [5, 5.41) is 11.0. The van der Waals surface area contributed by atoms with Crippen molar-refractivity contribution >= 4 is 44.8 Å². The molecule has 0 radical (unpaired) electrons. The van der Waals surface area contributed by atoms with Crippen molar-refractivity contribution in [1.82, 2.24) is 30.0 Å². The zero-order valence-corrected chi connectivity index (χ0v) is 28.4. The molecule has 0 aliphatic carbocycles. The average molecular weight is 665 g/mol. The van der Waals surface area contributed by atoms with E-state index in [2.05, 4.69) is 44.3 Å². The highest BCUT2D eigenvalue weighted by atomic mass is 32.2. The molecule has 12 nitrogen and oxygen atoms in total. The Bertz CT molecular complexity index is 1770. The van der Waals surface area contributed by atoms with Crippen LogP contribution in [0.1, 0.15) is 28.5 Å². The van der Waals surface area contributed by atoms with Gasteiger partial charge in [-0.3, -0.25) is 14.8 Å². The summed E-state index contributed by atoms with van der Waals surface area (Å²) < 4.78 is 32.3. The molecule has 244 valence electrons. The van der Waals surface area contributed by atoms with Crippen LogP contribution in [0.5, 0.6) is 5.75 Å². The molecule has 1 aliphatic rings. The van der Waals surface area contributed by atoms with Gasteiger partial charge < -0.3 is 19.9 Å². The third-order valence-corrected chi connectivity index (χ3v) is 10.2. The predicted molar refractivity (Wildman–Crippen MR) is 180 cm³/mol. The number of ether oxygens (including phenoxy) is 1. The maximum Gasteiger partial charge on any atom is 0.204 e. The number of aryl methyl sites for hydroxylation is 1. The van der Waals surface area contributed by atoms with Crippen molar-refractivity contribution in [3.05, 3.63) is 71.4 Å². The molecule has 1 fully saturated rings. The molecule has 2 N–H and O–H groups in total. The normalized spacial score (nSPS) is 14.1. The molecule has 14 heteroatoms. The largest absolute Gasteiger partial charge is 0.490 e. The number of Topliss-reactive ketones (excluding diaryl/α,β-unsaturated/α-hetero) is 1. The van der Waals surface area contributed by atoms with Gasteiger partial charge in [0, 0.05) is 61.5 Å². The lowest BCUT2D eigenvalue weighted by Gasteiger charge is -2.36. The minimum absolute atomic E-state index is 0.107. The van der Waals surface area contributed by atoms with E-state index in [4.69, 9.17) is 14.7 Å². The fraction of sp³-hybridized carbons (Fsp3) is 0.375. The monoisotopic (exact) mass is 664 g/mol. The van der Waals surface area contributed by atoms with Crippen molar-refractivity contribution in [2.24, 2.45) is 0 Å². The number of piperazine rings is 1. The number of H-pyrrole nitrogens is 1. The molecule has 0 atom stereocenters. The van der Waals surface area contributed by atoms with E-state index in [0.717, 1.165) is 49.9 Å². The molecular formula is C32H40N8O4S2.